The highest BCUT2D eigenvalue weighted by atomic mass is 79.9. The van der Waals surface area contributed by atoms with Gasteiger partial charge < -0.3 is 4.74 Å². The van der Waals surface area contributed by atoms with Gasteiger partial charge in [-0.2, -0.15) is 0 Å². The molecule has 1 amide bonds. The predicted octanol–water partition coefficient (Wildman–Crippen LogP) is 4.23. The quantitative estimate of drug-likeness (QED) is 0.699. The highest BCUT2D eigenvalue weighted by Gasteiger charge is 2.60. The van der Waals surface area contributed by atoms with Crippen molar-refractivity contribution in [3.8, 4) is 0 Å². The number of alkyl halides is 1. The molecule has 1 aromatic carbocycles. The number of carbonyl (C=O) groups excluding carboxylic acids is 2. The molecule has 1 aliphatic heterocycles. The van der Waals surface area contributed by atoms with E-state index in [-0.39, 0.29) is 18.0 Å². The van der Waals surface area contributed by atoms with Crippen LogP contribution < -0.4 is 0 Å². The maximum absolute atomic E-state index is 14.6. The normalized spacial score (nSPS) is 21.7. The molecular formula is C19H23BrFNO3. The molecule has 25 heavy (non-hydrogen) atoms. The van der Waals surface area contributed by atoms with E-state index in [1.165, 1.54) is 4.90 Å². The lowest BCUT2D eigenvalue weighted by Crippen LogP contribution is -2.42. The Morgan fingerprint density at radius 1 is 1.36 bits per heavy atom. The van der Waals surface area contributed by atoms with Gasteiger partial charge in [0.25, 0.3) is 0 Å². The third kappa shape index (κ3) is 3.59. The number of ether oxygens (including phenoxy) is 1. The Morgan fingerprint density at radius 2 is 2.00 bits per heavy atom. The number of Topliss-reactive ketones (excluding diaryl/α,β-unsaturated/α-hetero) is 1. The predicted molar refractivity (Wildman–Crippen MR) is 96.1 cm³/mol. The first-order chi connectivity index (χ1) is 11.7. The maximum atomic E-state index is 14.6. The average Bonchev–Trinajstić information content (AvgIpc) is 3.25. The lowest BCUT2D eigenvalue weighted by molar-refractivity contribution is -0.123. The van der Waals surface area contributed by atoms with Crippen molar-refractivity contribution < 1.29 is 18.7 Å². The van der Waals surface area contributed by atoms with E-state index >= 15 is 0 Å². The summed E-state index contributed by atoms with van der Waals surface area (Å²) in [7, 11) is 0. The third-order valence-corrected chi connectivity index (χ3v) is 5.48. The molecule has 1 heterocycles. The zero-order chi connectivity index (χ0) is 18.4. The van der Waals surface area contributed by atoms with Gasteiger partial charge in [-0.15, -0.1) is 0 Å². The van der Waals surface area contributed by atoms with Gasteiger partial charge in [0.2, 0.25) is 0 Å². The fourth-order valence-electron chi connectivity index (χ4n) is 3.38. The Balaban J connectivity index is 1.86. The molecule has 0 N–H and O–H groups in total. The SMILES string of the molecule is CC(C)(C)OC(=O)N1CC2(CC2)C(=O)C1Cc1cccc(CBr)c1F. The maximum Gasteiger partial charge on any atom is 0.410 e. The molecule has 1 atom stereocenters. The summed E-state index contributed by atoms with van der Waals surface area (Å²) < 4.78 is 20.1. The molecule has 3 rings (SSSR count). The summed E-state index contributed by atoms with van der Waals surface area (Å²) in [6.45, 7) is 5.77. The average molecular weight is 412 g/mol. The number of ketones is 1. The zero-order valence-corrected chi connectivity index (χ0v) is 16.4. The standard InChI is InChI=1S/C19H23BrFNO3/c1-18(2,3)25-17(24)22-11-19(7-8-19)16(23)14(22)9-12-5-4-6-13(10-20)15(12)21/h4-6,14H,7-11H2,1-3H3. The van der Waals surface area contributed by atoms with Gasteiger partial charge in [-0.3, -0.25) is 9.69 Å². The van der Waals surface area contributed by atoms with Gasteiger partial charge in [0.1, 0.15) is 11.4 Å². The van der Waals surface area contributed by atoms with Gasteiger partial charge in [-0.05, 0) is 44.7 Å². The molecule has 0 aromatic heterocycles. The van der Waals surface area contributed by atoms with Crippen molar-refractivity contribution in [3.05, 3.63) is 35.1 Å². The Kier molecular flexibility index (Phi) is 4.69. The Morgan fingerprint density at radius 3 is 2.56 bits per heavy atom. The molecule has 2 aliphatic rings. The van der Waals surface area contributed by atoms with Crippen LogP contribution in [0.1, 0.15) is 44.7 Å². The van der Waals surface area contributed by atoms with Crippen molar-refractivity contribution in [2.75, 3.05) is 6.54 Å². The highest BCUT2D eigenvalue weighted by molar-refractivity contribution is 9.08. The smallest absolute Gasteiger partial charge is 0.410 e. The van der Waals surface area contributed by atoms with E-state index in [0.29, 0.717) is 23.0 Å². The molecule has 0 radical (unpaired) electrons. The third-order valence-electron chi connectivity index (χ3n) is 4.87. The molecule has 1 saturated carbocycles. The number of nitrogens with zero attached hydrogens (tertiary/aromatic N) is 1. The number of hydrogen-bond donors (Lipinski definition) is 0. The van der Waals surface area contributed by atoms with E-state index in [4.69, 9.17) is 4.74 Å². The molecule has 4 nitrogen and oxygen atoms in total. The number of likely N-dealkylation sites (tertiary alicyclic amines) is 1. The lowest BCUT2D eigenvalue weighted by atomic mass is 9.95. The van der Waals surface area contributed by atoms with E-state index in [9.17, 15) is 14.0 Å². The number of rotatable bonds is 3. The molecule has 1 spiro atoms. The molecule has 2 fully saturated rings. The molecule has 136 valence electrons. The van der Waals surface area contributed by atoms with Crippen molar-refractivity contribution in [2.24, 2.45) is 5.41 Å². The van der Waals surface area contributed by atoms with Crippen LogP contribution in [0.3, 0.4) is 0 Å². The minimum Gasteiger partial charge on any atom is -0.444 e. The van der Waals surface area contributed by atoms with E-state index in [1.54, 1.807) is 39.0 Å². The summed E-state index contributed by atoms with van der Waals surface area (Å²) in [5, 5.41) is 0.408. The fourth-order valence-corrected chi connectivity index (χ4v) is 3.82. The van der Waals surface area contributed by atoms with Crippen molar-refractivity contribution in [3.63, 3.8) is 0 Å². The molecular weight excluding hydrogens is 389 g/mol. The molecule has 0 bridgehead atoms. The monoisotopic (exact) mass is 411 g/mol. The first-order valence-electron chi connectivity index (χ1n) is 8.53. The molecule has 1 aromatic rings. The number of carbonyl (C=O) groups is 2. The topological polar surface area (TPSA) is 46.6 Å². The summed E-state index contributed by atoms with van der Waals surface area (Å²) in [5.41, 5.74) is -0.0506. The van der Waals surface area contributed by atoms with Crippen LogP contribution in [-0.4, -0.2) is 35.0 Å². The minimum absolute atomic E-state index is 0.0435. The van der Waals surface area contributed by atoms with Gasteiger partial charge in [0.05, 0.1) is 6.04 Å². The molecule has 1 saturated heterocycles. The first kappa shape index (κ1) is 18.4. The Hall–Kier alpha value is -1.43. The second-order valence-electron chi connectivity index (χ2n) is 8.00. The number of hydrogen-bond acceptors (Lipinski definition) is 3. The van der Waals surface area contributed by atoms with Crippen LogP contribution in [0.15, 0.2) is 18.2 Å². The summed E-state index contributed by atoms with van der Waals surface area (Å²) >= 11 is 3.27. The van der Waals surface area contributed by atoms with Gasteiger partial charge in [-0.25, -0.2) is 9.18 Å². The van der Waals surface area contributed by atoms with E-state index in [0.717, 1.165) is 12.8 Å². The lowest BCUT2D eigenvalue weighted by Gasteiger charge is -2.28. The van der Waals surface area contributed by atoms with Gasteiger partial charge in [0, 0.05) is 23.7 Å². The van der Waals surface area contributed by atoms with Crippen LogP contribution in [0.25, 0.3) is 0 Å². The van der Waals surface area contributed by atoms with E-state index in [2.05, 4.69) is 15.9 Å². The summed E-state index contributed by atoms with van der Waals surface area (Å²) in [6.07, 6.45) is 1.29. The van der Waals surface area contributed by atoms with Crippen LogP contribution in [0.2, 0.25) is 0 Å². The highest BCUT2D eigenvalue weighted by Crippen LogP contribution is 2.53. The number of benzene rings is 1. The Bertz CT molecular complexity index is 709. The van der Waals surface area contributed by atoms with Crippen molar-refractivity contribution in [1.29, 1.82) is 0 Å². The summed E-state index contributed by atoms with van der Waals surface area (Å²) in [5.74, 6) is -0.268. The minimum atomic E-state index is -0.655. The van der Waals surface area contributed by atoms with E-state index < -0.39 is 23.2 Å². The fraction of sp³-hybridized carbons (Fsp3) is 0.579. The van der Waals surface area contributed by atoms with Crippen LogP contribution in [0.5, 0.6) is 0 Å². The Labute approximate surface area is 155 Å². The van der Waals surface area contributed by atoms with Crippen LogP contribution in [0, 0.1) is 11.2 Å². The van der Waals surface area contributed by atoms with Gasteiger partial charge >= 0.3 is 6.09 Å². The molecule has 1 unspecified atom stereocenters. The zero-order valence-electron chi connectivity index (χ0n) is 14.8. The van der Waals surface area contributed by atoms with Crippen LogP contribution in [0.4, 0.5) is 9.18 Å². The summed E-state index contributed by atoms with van der Waals surface area (Å²) in [4.78, 5) is 26.9. The second kappa shape index (κ2) is 6.38. The molecule has 6 heteroatoms. The van der Waals surface area contributed by atoms with E-state index in [1.807, 2.05) is 0 Å². The largest absolute Gasteiger partial charge is 0.444 e. The number of halogens is 2. The second-order valence-corrected chi connectivity index (χ2v) is 8.56. The van der Waals surface area contributed by atoms with Crippen molar-refractivity contribution >= 4 is 27.8 Å². The first-order valence-corrected chi connectivity index (χ1v) is 9.65. The van der Waals surface area contributed by atoms with Crippen molar-refractivity contribution in [1.82, 2.24) is 4.90 Å². The molecule has 1 aliphatic carbocycles. The van der Waals surface area contributed by atoms with Crippen LogP contribution >= 0.6 is 15.9 Å². The van der Waals surface area contributed by atoms with Crippen molar-refractivity contribution in [2.45, 2.75) is 57.0 Å². The van der Waals surface area contributed by atoms with Gasteiger partial charge in [0.15, 0.2) is 5.78 Å². The number of amides is 1. The van der Waals surface area contributed by atoms with Gasteiger partial charge in [-0.1, -0.05) is 34.1 Å². The van der Waals surface area contributed by atoms with Crippen LogP contribution in [-0.2, 0) is 21.3 Å². The summed E-state index contributed by atoms with van der Waals surface area (Å²) in [6, 6.07) is 4.51.